The number of aliphatic carboxylic acids is 1. The second-order valence-corrected chi connectivity index (χ2v) is 6.46. The van der Waals surface area contributed by atoms with Crippen molar-refractivity contribution < 1.29 is 9.90 Å². The number of rotatable bonds is 6. The lowest BCUT2D eigenvalue weighted by Gasteiger charge is -2.19. The van der Waals surface area contributed by atoms with Gasteiger partial charge in [-0.05, 0) is 54.5 Å². The number of hydrogen-bond donors (Lipinski definition) is 1. The van der Waals surface area contributed by atoms with E-state index < -0.39 is 5.97 Å². The smallest absolute Gasteiger partial charge is 0.328 e. The van der Waals surface area contributed by atoms with Gasteiger partial charge in [0.15, 0.2) is 0 Å². The van der Waals surface area contributed by atoms with E-state index in [4.69, 9.17) is 5.11 Å². The third-order valence-electron chi connectivity index (χ3n) is 4.54. The van der Waals surface area contributed by atoms with E-state index in [9.17, 15) is 4.79 Å². The molecule has 1 heterocycles. The van der Waals surface area contributed by atoms with Gasteiger partial charge in [0.2, 0.25) is 0 Å². The van der Waals surface area contributed by atoms with Gasteiger partial charge in [-0.15, -0.1) is 0 Å². The first-order chi connectivity index (χ1) is 12.1. The minimum absolute atomic E-state index is 0.318. The highest BCUT2D eigenvalue weighted by molar-refractivity contribution is 5.82. The molecule has 1 N–H and O–H groups in total. The van der Waals surface area contributed by atoms with Crippen LogP contribution in [0, 0.1) is 0 Å². The van der Waals surface area contributed by atoms with Crippen molar-refractivity contribution >= 4 is 16.9 Å². The molecule has 0 radical (unpaired) electrons. The number of benzene rings is 2. The second kappa shape index (κ2) is 7.39. The van der Waals surface area contributed by atoms with Gasteiger partial charge in [0.05, 0.1) is 6.04 Å². The van der Waals surface area contributed by atoms with Gasteiger partial charge in [0.1, 0.15) is 0 Å². The van der Waals surface area contributed by atoms with E-state index in [2.05, 4.69) is 66.2 Å². The highest BCUT2D eigenvalue weighted by Gasteiger charge is 2.13. The molecule has 0 saturated heterocycles. The summed E-state index contributed by atoms with van der Waals surface area (Å²) in [5.74, 6) is -0.890. The van der Waals surface area contributed by atoms with Crippen LogP contribution in [-0.2, 0) is 11.2 Å². The largest absolute Gasteiger partial charge is 0.478 e. The molecule has 3 heteroatoms. The minimum atomic E-state index is -0.890. The standard InChI is InChI=1S/C22H23NO2/c1-3-20(18-7-5-4-6-8-18)23-12-11-19-15-17(9-10-21(19)23)13-16(2)14-22(24)25/h4-12,14-15,20H,3,13H2,1-2H3,(H,24,25). The van der Waals surface area contributed by atoms with Crippen LogP contribution in [0.4, 0.5) is 0 Å². The number of carbonyl (C=O) groups is 1. The maximum atomic E-state index is 10.8. The summed E-state index contributed by atoms with van der Waals surface area (Å²) in [5.41, 5.74) is 4.50. The minimum Gasteiger partial charge on any atom is -0.478 e. The Kier molecular flexibility index (Phi) is 5.03. The molecule has 0 aliphatic heterocycles. The van der Waals surface area contributed by atoms with Crippen LogP contribution in [0.1, 0.15) is 37.4 Å². The van der Waals surface area contributed by atoms with E-state index in [0.717, 1.165) is 17.6 Å². The van der Waals surface area contributed by atoms with Crippen LogP contribution in [0.3, 0.4) is 0 Å². The van der Waals surface area contributed by atoms with Gasteiger partial charge in [0.25, 0.3) is 0 Å². The van der Waals surface area contributed by atoms with E-state index in [0.29, 0.717) is 12.5 Å². The Morgan fingerprint density at radius 2 is 1.92 bits per heavy atom. The van der Waals surface area contributed by atoms with E-state index in [1.54, 1.807) is 0 Å². The molecule has 1 unspecified atom stereocenters. The summed E-state index contributed by atoms with van der Waals surface area (Å²) in [4.78, 5) is 10.8. The Labute approximate surface area is 148 Å². The Morgan fingerprint density at radius 1 is 1.16 bits per heavy atom. The average molecular weight is 333 g/mol. The van der Waals surface area contributed by atoms with Gasteiger partial charge in [-0.3, -0.25) is 0 Å². The van der Waals surface area contributed by atoms with Crippen molar-refractivity contribution in [1.82, 2.24) is 4.57 Å². The van der Waals surface area contributed by atoms with Gasteiger partial charge < -0.3 is 9.67 Å². The zero-order valence-electron chi connectivity index (χ0n) is 14.6. The molecule has 0 spiro atoms. The molecule has 0 bridgehead atoms. The van der Waals surface area contributed by atoms with Crippen molar-refractivity contribution in [3.63, 3.8) is 0 Å². The van der Waals surface area contributed by atoms with Crippen molar-refractivity contribution in [3.05, 3.63) is 83.6 Å². The average Bonchev–Trinajstić information content (AvgIpc) is 2.99. The summed E-state index contributed by atoms with van der Waals surface area (Å²) >= 11 is 0. The first-order valence-electron chi connectivity index (χ1n) is 8.63. The van der Waals surface area contributed by atoms with Crippen molar-refractivity contribution in [2.45, 2.75) is 32.7 Å². The number of fused-ring (bicyclic) bond motifs is 1. The zero-order chi connectivity index (χ0) is 17.8. The fraction of sp³-hybridized carbons (Fsp3) is 0.227. The summed E-state index contributed by atoms with van der Waals surface area (Å²) in [6, 6.07) is 19.4. The topological polar surface area (TPSA) is 42.2 Å². The fourth-order valence-corrected chi connectivity index (χ4v) is 3.45. The molecule has 3 rings (SSSR count). The van der Waals surface area contributed by atoms with Gasteiger partial charge in [-0.25, -0.2) is 4.79 Å². The third kappa shape index (κ3) is 3.82. The second-order valence-electron chi connectivity index (χ2n) is 6.46. The maximum Gasteiger partial charge on any atom is 0.328 e. The van der Waals surface area contributed by atoms with E-state index in [1.165, 1.54) is 22.5 Å². The zero-order valence-corrected chi connectivity index (χ0v) is 14.6. The molecular formula is C22H23NO2. The predicted octanol–water partition coefficient (Wildman–Crippen LogP) is 5.21. The Balaban J connectivity index is 1.93. The van der Waals surface area contributed by atoms with Crippen LogP contribution in [0.25, 0.3) is 10.9 Å². The highest BCUT2D eigenvalue weighted by atomic mass is 16.4. The summed E-state index contributed by atoms with van der Waals surface area (Å²) in [7, 11) is 0. The van der Waals surface area contributed by atoms with Crippen molar-refractivity contribution in [2.24, 2.45) is 0 Å². The molecule has 0 saturated carbocycles. The van der Waals surface area contributed by atoms with Crippen molar-refractivity contribution in [2.75, 3.05) is 0 Å². The molecule has 3 aromatic rings. The van der Waals surface area contributed by atoms with Crippen LogP contribution in [0.15, 0.2) is 72.4 Å². The van der Waals surface area contributed by atoms with E-state index in [-0.39, 0.29) is 0 Å². The maximum absolute atomic E-state index is 10.8. The molecule has 2 aromatic carbocycles. The number of allylic oxidation sites excluding steroid dienone is 1. The van der Waals surface area contributed by atoms with Crippen LogP contribution in [-0.4, -0.2) is 15.6 Å². The van der Waals surface area contributed by atoms with Gasteiger partial charge in [0, 0.05) is 17.8 Å². The number of carboxylic acid groups (broad SMARTS) is 1. The monoisotopic (exact) mass is 333 g/mol. The first kappa shape index (κ1) is 17.0. The SMILES string of the molecule is CCC(c1ccccc1)n1ccc2cc(CC(C)=CC(=O)O)ccc21. The van der Waals surface area contributed by atoms with E-state index >= 15 is 0 Å². The molecular weight excluding hydrogens is 310 g/mol. The lowest BCUT2D eigenvalue weighted by molar-refractivity contribution is -0.131. The number of nitrogens with zero attached hydrogens (tertiary/aromatic N) is 1. The van der Waals surface area contributed by atoms with Crippen LogP contribution in [0.2, 0.25) is 0 Å². The third-order valence-corrected chi connectivity index (χ3v) is 4.54. The molecule has 0 fully saturated rings. The summed E-state index contributed by atoms with van der Waals surface area (Å²) in [6.45, 7) is 4.06. The van der Waals surface area contributed by atoms with E-state index in [1.807, 2.05) is 13.0 Å². The quantitative estimate of drug-likeness (QED) is 0.629. The van der Waals surface area contributed by atoms with Gasteiger partial charge >= 0.3 is 5.97 Å². The van der Waals surface area contributed by atoms with Gasteiger partial charge in [-0.2, -0.15) is 0 Å². The first-order valence-corrected chi connectivity index (χ1v) is 8.63. The summed E-state index contributed by atoms with van der Waals surface area (Å²) in [5, 5.41) is 10.0. The molecule has 0 amide bonds. The van der Waals surface area contributed by atoms with Crippen LogP contribution < -0.4 is 0 Å². The molecule has 128 valence electrons. The Hall–Kier alpha value is -2.81. The molecule has 25 heavy (non-hydrogen) atoms. The lowest BCUT2D eigenvalue weighted by atomic mass is 10.0. The van der Waals surface area contributed by atoms with Gasteiger partial charge in [-0.1, -0.05) is 48.9 Å². The van der Waals surface area contributed by atoms with Crippen LogP contribution in [0.5, 0.6) is 0 Å². The summed E-state index contributed by atoms with van der Waals surface area (Å²) in [6.07, 6.45) is 5.10. The molecule has 1 aromatic heterocycles. The van der Waals surface area contributed by atoms with Crippen molar-refractivity contribution in [3.8, 4) is 0 Å². The van der Waals surface area contributed by atoms with Crippen molar-refractivity contribution in [1.29, 1.82) is 0 Å². The Morgan fingerprint density at radius 3 is 2.60 bits per heavy atom. The highest BCUT2D eigenvalue weighted by Crippen LogP contribution is 2.28. The molecule has 3 nitrogen and oxygen atoms in total. The summed E-state index contributed by atoms with van der Waals surface area (Å²) < 4.78 is 2.33. The number of hydrogen-bond acceptors (Lipinski definition) is 1. The molecule has 1 atom stereocenters. The number of carboxylic acids is 1. The predicted molar refractivity (Wildman–Crippen MR) is 102 cm³/mol. The van der Waals surface area contributed by atoms with Crippen LogP contribution >= 0.6 is 0 Å². The number of aromatic nitrogens is 1. The Bertz CT molecular complexity index is 906. The normalized spacial score (nSPS) is 13.1. The molecule has 0 aliphatic carbocycles. The fourth-order valence-electron chi connectivity index (χ4n) is 3.45. The lowest BCUT2D eigenvalue weighted by Crippen LogP contribution is -2.08. The molecule has 0 aliphatic rings.